The molecule has 0 fully saturated rings. The molecular weight excluding hydrogens is 454 g/mol. The number of amides is 1. The molecule has 0 aliphatic rings. The standard InChI is InChI=1S/C28H29N5OS/c1-3-16-33(19(2)27-31-23-9-4-5-10-24(23)32-27)22-11-12-25-20(17-22)18-26(35-25)28(34)30-15-13-21-8-6-7-14-29-21/h4-12,14,17-19H,3,13,15-16H2,1-2H3,(H,30,34)(H,31,32). The Labute approximate surface area is 209 Å². The van der Waals surface area contributed by atoms with Crippen LogP contribution in [0, 0.1) is 0 Å². The summed E-state index contributed by atoms with van der Waals surface area (Å²) in [6.07, 6.45) is 3.51. The highest BCUT2D eigenvalue weighted by atomic mass is 32.1. The third-order valence-electron chi connectivity index (χ3n) is 6.18. The number of hydrogen-bond acceptors (Lipinski definition) is 5. The fourth-order valence-corrected chi connectivity index (χ4v) is 5.32. The van der Waals surface area contributed by atoms with Crippen molar-refractivity contribution in [3.63, 3.8) is 0 Å². The molecule has 2 aromatic carbocycles. The molecule has 0 spiro atoms. The summed E-state index contributed by atoms with van der Waals surface area (Å²) in [4.78, 5) is 28.5. The Kier molecular flexibility index (Phi) is 6.77. The number of imidazole rings is 1. The lowest BCUT2D eigenvalue weighted by Crippen LogP contribution is -2.28. The van der Waals surface area contributed by atoms with Crippen LogP contribution in [0.1, 0.15) is 47.5 Å². The molecule has 0 aliphatic carbocycles. The number of aromatic nitrogens is 3. The number of para-hydroxylation sites is 2. The van der Waals surface area contributed by atoms with Crippen LogP contribution < -0.4 is 10.2 Å². The highest BCUT2D eigenvalue weighted by Crippen LogP contribution is 2.33. The van der Waals surface area contributed by atoms with Crippen LogP contribution in [0.15, 0.2) is 72.9 Å². The highest BCUT2D eigenvalue weighted by molar-refractivity contribution is 7.20. The molecule has 1 amide bonds. The number of pyridine rings is 1. The molecule has 5 rings (SSSR count). The normalized spacial score (nSPS) is 12.2. The minimum Gasteiger partial charge on any atom is -0.362 e. The maximum Gasteiger partial charge on any atom is 0.261 e. The molecule has 178 valence electrons. The van der Waals surface area contributed by atoms with E-state index in [-0.39, 0.29) is 11.9 Å². The predicted molar refractivity (Wildman–Crippen MR) is 144 cm³/mol. The summed E-state index contributed by atoms with van der Waals surface area (Å²) in [5.74, 6) is 0.919. The molecule has 2 N–H and O–H groups in total. The average Bonchev–Trinajstić information content (AvgIpc) is 3.51. The van der Waals surface area contributed by atoms with E-state index >= 15 is 0 Å². The number of fused-ring (bicyclic) bond motifs is 2. The number of H-pyrrole nitrogens is 1. The number of benzene rings is 2. The number of nitrogens with one attached hydrogen (secondary N) is 2. The molecule has 3 aromatic heterocycles. The van der Waals surface area contributed by atoms with Crippen molar-refractivity contribution >= 4 is 44.1 Å². The Balaban J connectivity index is 1.33. The number of aromatic amines is 1. The van der Waals surface area contributed by atoms with Crippen LogP contribution in [-0.4, -0.2) is 33.9 Å². The van der Waals surface area contributed by atoms with Crippen molar-refractivity contribution in [2.75, 3.05) is 18.0 Å². The van der Waals surface area contributed by atoms with Crippen LogP contribution >= 0.6 is 11.3 Å². The van der Waals surface area contributed by atoms with Crippen molar-refractivity contribution in [2.24, 2.45) is 0 Å². The van der Waals surface area contributed by atoms with Gasteiger partial charge in [-0.2, -0.15) is 0 Å². The first kappa shape index (κ1) is 23.1. The van der Waals surface area contributed by atoms with Crippen molar-refractivity contribution in [3.05, 3.63) is 89.3 Å². The van der Waals surface area contributed by atoms with Gasteiger partial charge in [0.1, 0.15) is 5.82 Å². The Morgan fingerprint density at radius 3 is 2.77 bits per heavy atom. The van der Waals surface area contributed by atoms with E-state index in [1.807, 2.05) is 42.5 Å². The van der Waals surface area contributed by atoms with Crippen molar-refractivity contribution in [1.82, 2.24) is 20.3 Å². The maximum absolute atomic E-state index is 12.8. The Bertz CT molecular complexity index is 1410. The molecule has 0 saturated heterocycles. The predicted octanol–water partition coefficient (Wildman–Crippen LogP) is 6.12. The lowest BCUT2D eigenvalue weighted by molar-refractivity contribution is 0.0958. The number of thiophene rings is 1. The maximum atomic E-state index is 12.8. The average molecular weight is 484 g/mol. The number of anilines is 1. The third-order valence-corrected chi connectivity index (χ3v) is 7.30. The number of carbonyl (C=O) groups is 1. The molecule has 35 heavy (non-hydrogen) atoms. The summed E-state index contributed by atoms with van der Waals surface area (Å²) < 4.78 is 1.11. The smallest absolute Gasteiger partial charge is 0.261 e. The summed E-state index contributed by atoms with van der Waals surface area (Å²) in [6.45, 7) is 5.85. The zero-order chi connectivity index (χ0) is 24.2. The van der Waals surface area contributed by atoms with E-state index in [2.05, 4.69) is 58.3 Å². The van der Waals surface area contributed by atoms with Crippen LogP contribution in [0.5, 0.6) is 0 Å². The Morgan fingerprint density at radius 1 is 1.11 bits per heavy atom. The van der Waals surface area contributed by atoms with Gasteiger partial charge in [-0.25, -0.2) is 4.98 Å². The highest BCUT2D eigenvalue weighted by Gasteiger charge is 2.20. The van der Waals surface area contributed by atoms with E-state index in [0.29, 0.717) is 13.0 Å². The summed E-state index contributed by atoms with van der Waals surface area (Å²) in [6, 6.07) is 22.5. The minimum atomic E-state index is -0.0373. The topological polar surface area (TPSA) is 73.9 Å². The first-order valence-electron chi connectivity index (χ1n) is 12.1. The number of hydrogen-bond donors (Lipinski definition) is 2. The third kappa shape index (κ3) is 5.05. The molecule has 1 atom stereocenters. The van der Waals surface area contributed by atoms with Gasteiger partial charge in [-0.3, -0.25) is 9.78 Å². The molecule has 0 saturated carbocycles. The monoisotopic (exact) mass is 483 g/mol. The van der Waals surface area contributed by atoms with Gasteiger partial charge in [0.2, 0.25) is 0 Å². The van der Waals surface area contributed by atoms with Gasteiger partial charge < -0.3 is 15.2 Å². The molecule has 6 nitrogen and oxygen atoms in total. The molecule has 0 radical (unpaired) electrons. The Morgan fingerprint density at radius 2 is 1.97 bits per heavy atom. The second-order valence-corrected chi connectivity index (χ2v) is 9.75. The van der Waals surface area contributed by atoms with E-state index in [0.717, 1.165) is 56.2 Å². The van der Waals surface area contributed by atoms with E-state index in [9.17, 15) is 4.79 Å². The van der Waals surface area contributed by atoms with E-state index in [4.69, 9.17) is 4.98 Å². The van der Waals surface area contributed by atoms with Crippen LogP contribution in [0.25, 0.3) is 21.1 Å². The van der Waals surface area contributed by atoms with Crippen LogP contribution in [-0.2, 0) is 6.42 Å². The summed E-state index contributed by atoms with van der Waals surface area (Å²) in [5, 5.41) is 4.11. The zero-order valence-corrected chi connectivity index (χ0v) is 20.8. The molecule has 1 unspecified atom stereocenters. The fraction of sp³-hybridized carbons (Fsp3) is 0.250. The second kappa shape index (κ2) is 10.3. The van der Waals surface area contributed by atoms with E-state index in [1.165, 1.54) is 11.3 Å². The SMILES string of the molecule is CCCN(c1ccc2sc(C(=O)NCCc3ccccn3)cc2c1)C(C)c1nc2ccccc2[nH]1. The van der Waals surface area contributed by atoms with Crippen LogP contribution in [0.2, 0.25) is 0 Å². The minimum absolute atomic E-state index is 0.0373. The number of carbonyl (C=O) groups excluding carboxylic acids is 1. The van der Waals surface area contributed by atoms with Crippen molar-refractivity contribution in [1.29, 1.82) is 0 Å². The zero-order valence-electron chi connectivity index (χ0n) is 20.0. The Hall–Kier alpha value is -3.71. The van der Waals surface area contributed by atoms with Gasteiger partial charge in [0.15, 0.2) is 0 Å². The van der Waals surface area contributed by atoms with Gasteiger partial charge >= 0.3 is 0 Å². The summed E-state index contributed by atoms with van der Waals surface area (Å²) >= 11 is 1.53. The van der Waals surface area contributed by atoms with Gasteiger partial charge in [0.25, 0.3) is 5.91 Å². The first-order valence-corrected chi connectivity index (χ1v) is 12.9. The van der Waals surface area contributed by atoms with Crippen LogP contribution in [0.4, 0.5) is 5.69 Å². The summed E-state index contributed by atoms with van der Waals surface area (Å²) in [5.41, 5.74) is 4.14. The summed E-state index contributed by atoms with van der Waals surface area (Å²) in [7, 11) is 0. The van der Waals surface area contributed by atoms with E-state index in [1.54, 1.807) is 6.20 Å². The lowest BCUT2D eigenvalue weighted by Gasteiger charge is -2.30. The largest absolute Gasteiger partial charge is 0.362 e. The van der Waals surface area contributed by atoms with Gasteiger partial charge in [0.05, 0.1) is 22.0 Å². The molecule has 0 bridgehead atoms. The second-order valence-electron chi connectivity index (χ2n) is 8.67. The van der Waals surface area contributed by atoms with Crippen molar-refractivity contribution in [2.45, 2.75) is 32.7 Å². The van der Waals surface area contributed by atoms with Crippen LogP contribution in [0.3, 0.4) is 0 Å². The van der Waals surface area contributed by atoms with Crippen molar-refractivity contribution < 1.29 is 4.79 Å². The molecule has 7 heteroatoms. The first-order chi connectivity index (χ1) is 17.1. The van der Waals surface area contributed by atoms with E-state index < -0.39 is 0 Å². The molecule has 5 aromatic rings. The number of rotatable bonds is 9. The van der Waals surface area contributed by atoms with Crippen molar-refractivity contribution in [3.8, 4) is 0 Å². The molecule has 0 aliphatic heterocycles. The van der Waals surface area contributed by atoms with Gasteiger partial charge in [-0.1, -0.05) is 25.1 Å². The van der Waals surface area contributed by atoms with Gasteiger partial charge in [0, 0.05) is 41.8 Å². The fourth-order valence-electron chi connectivity index (χ4n) is 4.36. The molecular formula is C28H29N5OS. The quantitative estimate of drug-likeness (QED) is 0.265. The van der Waals surface area contributed by atoms with Gasteiger partial charge in [-0.15, -0.1) is 11.3 Å². The molecule has 3 heterocycles. The lowest BCUT2D eigenvalue weighted by atomic mass is 10.1. The number of nitrogens with zero attached hydrogens (tertiary/aromatic N) is 3. The van der Waals surface area contributed by atoms with Gasteiger partial charge in [-0.05, 0) is 67.3 Å².